The number of nitrogens with zero attached hydrogens (tertiary/aromatic N) is 2. The summed E-state index contributed by atoms with van der Waals surface area (Å²) < 4.78 is 5.19. The number of likely N-dealkylation sites (N-methyl/N-ethyl adjacent to an activating group) is 1. The van der Waals surface area contributed by atoms with Crippen molar-refractivity contribution in [3.63, 3.8) is 0 Å². The minimum Gasteiger partial charge on any atom is -0.452 e. The molecule has 1 saturated carbocycles. The summed E-state index contributed by atoms with van der Waals surface area (Å²) in [4.78, 5) is 52.8. The molecule has 3 rings (SSSR count). The van der Waals surface area contributed by atoms with E-state index < -0.39 is 11.9 Å². The number of hydrogen-bond acceptors (Lipinski definition) is 5. The van der Waals surface area contributed by atoms with Gasteiger partial charge in [-0.25, -0.2) is 4.79 Å². The average Bonchev–Trinajstić information content (AvgIpc) is 2.99. The van der Waals surface area contributed by atoms with Crippen LogP contribution in [0.1, 0.15) is 83.4 Å². The minimum absolute atomic E-state index is 0.161. The van der Waals surface area contributed by atoms with Crippen molar-refractivity contribution in [2.75, 3.05) is 20.2 Å². The average molecular weight is 415 g/mol. The van der Waals surface area contributed by atoms with Crippen LogP contribution in [0.25, 0.3) is 0 Å². The van der Waals surface area contributed by atoms with E-state index in [4.69, 9.17) is 4.74 Å². The van der Waals surface area contributed by atoms with Gasteiger partial charge in [-0.3, -0.25) is 19.3 Å². The molecule has 0 saturated heterocycles. The summed E-state index contributed by atoms with van der Waals surface area (Å²) in [6.07, 6.45) is 6.09. The molecular weight excluding hydrogens is 384 g/mol. The maximum Gasteiger partial charge on any atom is 0.338 e. The molecule has 0 bridgehead atoms. The highest BCUT2D eigenvalue weighted by Crippen LogP contribution is 2.25. The zero-order valence-electron chi connectivity index (χ0n) is 18.0. The van der Waals surface area contributed by atoms with E-state index in [1.807, 2.05) is 13.8 Å². The van der Waals surface area contributed by atoms with Gasteiger partial charge in [0.1, 0.15) is 0 Å². The lowest BCUT2D eigenvalue weighted by Gasteiger charge is -2.31. The third-order valence-electron chi connectivity index (χ3n) is 5.98. The van der Waals surface area contributed by atoms with Gasteiger partial charge in [0.15, 0.2) is 6.61 Å². The third kappa shape index (κ3) is 4.71. The monoisotopic (exact) mass is 414 g/mol. The molecule has 0 aromatic heterocycles. The highest BCUT2D eigenvalue weighted by molar-refractivity contribution is 6.22. The molecule has 3 amide bonds. The Morgan fingerprint density at radius 1 is 1.10 bits per heavy atom. The van der Waals surface area contributed by atoms with E-state index in [0.29, 0.717) is 18.0 Å². The lowest BCUT2D eigenvalue weighted by Crippen LogP contribution is -2.40. The van der Waals surface area contributed by atoms with Gasteiger partial charge in [0.2, 0.25) is 0 Å². The van der Waals surface area contributed by atoms with Crippen LogP contribution in [0.5, 0.6) is 0 Å². The second-order valence-corrected chi connectivity index (χ2v) is 8.58. The van der Waals surface area contributed by atoms with Gasteiger partial charge >= 0.3 is 5.97 Å². The molecule has 0 spiro atoms. The summed E-state index contributed by atoms with van der Waals surface area (Å²) in [6, 6.07) is 4.54. The fourth-order valence-electron chi connectivity index (χ4n) is 3.99. The van der Waals surface area contributed by atoms with Gasteiger partial charge in [0.05, 0.1) is 16.7 Å². The molecule has 7 nitrogen and oxygen atoms in total. The molecule has 7 heteroatoms. The van der Waals surface area contributed by atoms with E-state index in [2.05, 4.69) is 0 Å². The predicted molar refractivity (Wildman–Crippen MR) is 111 cm³/mol. The van der Waals surface area contributed by atoms with Crippen molar-refractivity contribution in [1.29, 1.82) is 0 Å². The summed E-state index contributed by atoms with van der Waals surface area (Å²) in [6.45, 7) is 4.07. The van der Waals surface area contributed by atoms with Crippen LogP contribution < -0.4 is 0 Å². The van der Waals surface area contributed by atoms with Crippen molar-refractivity contribution in [2.24, 2.45) is 5.92 Å². The molecular formula is C23H30N2O5. The number of hydrogen-bond donors (Lipinski definition) is 0. The van der Waals surface area contributed by atoms with Crippen LogP contribution in [-0.4, -0.2) is 59.7 Å². The fourth-order valence-corrected chi connectivity index (χ4v) is 3.99. The fraction of sp³-hybridized carbons (Fsp3) is 0.565. The Balaban J connectivity index is 1.61. The maximum absolute atomic E-state index is 12.6. The van der Waals surface area contributed by atoms with Crippen molar-refractivity contribution >= 4 is 23.7 Å². The zero-order chi connectivity index (χ0) is 21.8. The van der Waals surface area contributed by atoms with Crippen LogP contribution in [0, 0.1) is 5.92 Å². The topological polar surface area (TPSA) is 84.0 Å². The van der Waals surface area contributed by atoms with E-state index in [1.54, 1.807) is 11.9 Å². The van der Waals surface area contributed by atoms with Crippen molar-refractivity contribution in [3.8, 4) is 0 Å². The van der Waals surface area contributed by atoms with Crippen molar-refractivity contribution < 1.29 is 23.9 Å². The SMILES string of the molecule is CC(C)CCN1C(=O)c2ccc(C(=O)OCC(=O)N(C)C3CCCCC3)cc2C1=O. The summed E-state index contributed by atoms with van der Waals surface area (Å²) in [5, 5.41) is 0. The number of rotatable bonds is 7. The van der Waals surface area contributed by atoms with E-state index in [9.17, 15) is 19.2 Å². The molecule has 1 heterocycles. The number of amides is 3. The molecule has 162 valence electrons. The summed E-state index contributed by atoms with van der Waals surface area (Å²) in [5.74, 6) is -1.27. The van der Waals surface area contributed by atoms with Crippen molar-refractivity contribution in [2.45, 2.75) is 58.4 Å². The smallest absolute Gasteiger partial charge is 0.338 e. The van der Waals surface area contributed by atoms with Gasteiger partial charge in [-0.2, -0.15) is 0 Å². The molecule has 0 atom stereocenters. The predicted octanol–water partition coefficient (Wildman–Crippen LogP) is 3.28. The molecule has 1 aromatic carbocycles. The van der Waals surface area contributed by atoms with Gasteiger partial charge in [-0.05, 0) is 43.4 Å². The first kappa shape index (κ1) is 22.0. The van der Waals surface area contributed by atoms with Crippen LogP contribution in [0.2, 0.25) is 0 Å². The number of fused-ring (bicyclic) bond motifs is 1. The summed E-state index contributed by atoms with van der Waals surface area (Å²) in [5.41, 5.74) is 0.672. The van der Waals surface area contributed by atoms with Crippen LogP contribution in [-0.2, 0) is 9.53 Å². The van der Waals surface area contributed by atoms with Crippen LogP contribution in [0.4, 0.5) is 0 Å². The van der Waals surface area contributed by atoms with Crippen molar-refractivity contribution in [1.82, 2.24) is 9.80 Å². The molecule has 0 unspecified atom stereocenters. The highest BCUT2D eigenvalue weighted by Gasteiger charge is 2.36. The standard InChI is InChI=1S/C23H30N2O5/c1-15(2)11-12-25-21(27)18-10-9-16(13-19(18)22(25)28)23(29)30-14-20(26)24(3)17-7-5-4-6-8-17/h9-10,13,15,17H,4-8,11-12,14H2,1-3H3. The molecule has 1 aliphatic heterocycles. The number of carbonyl (C=O) groups is 4. The Morgan fingerprint density at radius 2 is 1.77 bits per heavy atom. The lowest BCUT2D eigenvalue weighted by atomic mass is 9.94. The second kappa shape index (κ2) is 9.41. The van der Waals surface area contributed by atoms with E-state index >= 15 is 0 Å². The van der Waals surface area contributed by atoms with Gasteiger partial charge in [-0.1, -0.05) is 33.1 Å². The zero-order valence-corrected chi connectivity index (χ0v) is 18.0. The summed E-state index contributed by atoms with van der Waals surface area (Å²) in [7, 11) is 1.75. The number of esters is 1. The summed E-state index contributed by atoms with van der Waals surface area (Å²) >= 11 is 0. The highest BCUT2D eigenvalue weighted by atomic mass is 16.5. The quantitative estimate of drug-likeness (QED) is 0.505. The molecule has 2 aliphatic rings. The molecule has 1 aliphatic carbocycles. The van der Waals surface area contributed by atoms with Crippen LogP contribution in [0.3, 0.4) is 0 Å². The van der Waals surface area contributed by atoms with Gasteiger partial charge in [-0.15, -0.1) is 0 Å². The van der Waals surface area contributed by atoms with Crippen LogP contribution >= 0.6 is 0 Å². The lowest BCUT2D eigenvalue weighted by molar-refractivity contribution is -0.135. The minimum atomic E-state index is -0.677. The Morgan fingerprint density at radius 3 is 2.43 bits per heavy atom. The number of benzene rings is 1. The van der Waals surface area contributed by atoms with Gasteiger partial charge < -0.3 is 9.64 Å². The Bertz CT molecular complexity index is 842. The third-order valence-corrected chi connectivity index (χ3v) is 5.98. The van der Waals surface area contributed by atoms with E-state index in [0.717, 1.165) is 32.1 Å². The van der Waals surface area contributed by atoms with Gasteiger partial charge in [0.25, 0.3) is 17.7 Å². The second-order valence-electron chi connectivity index (χ2n) is 8.58. The normalized spacial score (nSPS) is 16.7. The Kier molecular flexibility index (Phi) is 6.90. The molecule has 0 radical (unpaired) electrons. The molecule has 30 heavy (non-hydrogen) atoms. The van der Waals surface area contributed by atoms with Gasteiger partial charge in [0, 0.05) is 19.6 Å². The number of imide groups is 1. The first-order valence-electron chi connectivity index (χ1n) is 10.7. The van der Waals surface area contributed by atoms with E-state index in [1.165, 1.54) is 29.5 Å². The van der Waals surface area contributed by atoms with Crippen LogP contribution in [0.15, 0.2) is 18.2 Å². The maximum atomic E-state index is 12.6. The van der Waals surface area contributed by atoms with Crippen molar-refractivity contribution in [3.05, 3.63) is 34.9 Å². The van der Waals surface area contributed by atoms with E-state index in [-0.39, 0.29) is 35.6 Å². The number of carbonyl (C=O) groups excluding carboxylic acids is 4. The number of ether oxygens (including phenoxy) is 1. The molecule has 1 aromatic rings. The molecule has 1 fully saturated rings. The Hall–Kier alpha value is -2.70. The Labute approximate surface area is 177 Å². The largest absolute Gasteiger partial charge is 0.452 e. The first-order chi connectivity index (χ1) is 14.3. The first-order valence-corrected chi connectivity index (χ1v) is 10.7. The molecule has 0 N–H and O–H groups in total.